The van der Waals surface area contributed by atoms with Crippen LogP contribution in [-0.4, -0.2) is 27.2 Å². The van der Waals surface area contributed by atoms with Gasteiger partial charge in [-0.15, -0.1) is 0 Å². The van der Waals surface area contributed by atoms with Crippen LogP contribution >= 0.6 is 0 Å². The van der Waals surface area contributed by atoms with Gasteiger partial charge in [0.2, 0.25) is 0 Å². The van der Waals surface area contributed by atoms with E-state index in [-0.39, 0.29) is 11.1 Å². The lowest BCUT2D eigenvalue weighted by Gasteiger charge is -2.09. The zero-order chi connectivity index (χ0) is 21.4. The van der Waals surface area contributed by atoms with Crippen molar-refractivity contribution >= 4 is 23.6 Å². The lowest BCUT2D eigenvalue weighted by atomic mass is 10.0. The highest BCUT2D eigenvalue weighted by atomic mass is 19.1. The van der Waals surface area contributed by atoms with Crippen LogP contribution in [0, 0.1) is 31.9 Å². The summed E-state index contributed by atoms with van der Waals surface area (Å²) in [5.74, 6) is -2.67. The zero-order valence-corrected chi connectivity index (χ0v) is 14.0. The van der Waals surface area contributed by atoms with Crippen molar-refractivity contribution in [1.29, 1.82) is 0 Å². The van der Waals surface area contributed by atoms with Gasteiger partial charge in [-0.25, -0.2) is 8.78 Å². The molecule has 0 bridgehead atoms. The maximum atomic E-state index is 12.8. The van der Waals surface area contributed by atoms with Gasteiger partial charge >= 0.3 is 5.97 Å². The summed E-state index contributed by atoms with van der Waals surface area (Å²) in [4.78, 5) is 39.8. The van der Waals surface area contributed by atoms with Gasteiger partial charge < -0.3 is 10.8 Å². The summed E-state index contributed by atoms with van der Waals surface area (Å²) in [7, 11) is 0. The fourth-order valence-corrected chi connectivity index (χ4v) is 2.06. The Balaban J connectivity index is 0.000000292. The van der Waals surface area contributed by atoms with Gasteiger partial charge in [-0.3, -0.25) is 29.8 Å². The molecule has 12 heteroatoms. The first-order valence-electron chi connectivity index (χ1n) is 7.37. The quantitative estimate of drug-likeness (QED) is 0.426. The van der Waals surface area contributed by atoms with Gasteiger partial charge in [-0.2, -0.15) is 0 Å². The Morgan fingerprint density at radius 2 is 1.57 bits per heavy atom. The molecular weight excluding hydrogens is 384 g/mol. The molecule has 2 aromatic carbocycles. The predicted octanol–water partition coefficient (Wildman–Crippen LogP) is 2.75. The first kappa shape index (κ1) is 22.2. The molecule has 0 radical (unpaired) electrons. The van der Waals surface area contributed by atoms with Crippen molar-refractivity contribution < 1.29 is 33.3 Å². The molecule has 0 aliphatic rings. The number of benzene rings is 2. The average Bonchev–Trinajstić information content (AvgIpc) is 2.61. The normalized spacial score (nSPS) is 11.0. The maximum Gasteiger partial charge on any atom is 0.305 e. The van der Waals surface area contributed by atoms with Crippen molar-refractivity contribution in [2.75, 3.05) is 0 Å². The molecule has 3 N–H and O–H groups in total. The molecular formula is C16H13F2N3O7. The Morgan fingerprint density at radius 1 is 1.07 bits per heavy atom. The van der Waals surface area contributed by atoms with Crippen molar-refractivity contribution in [3.8, 4) is 0 Å². The fraction of sp³-hybridized carbons (Fsp3) is 0.125. The molecule has 28 heavy (non-hydrogen) atoms. The van der Waals surface area contributed by atoms with E-state index in [2.05, 4.69) is 0 Å². The van der Waals surface area contributed by atoms with E-state index in [9.17, 15) is 38.6 Å². The molecule has 148 valence electrons. The number of aliphatic carboxylic acids is 1. The molecule has 2 aromatic rings. The molecule has 1 atom stereocenters. The third-order valence-corrected chi connectivity index (χ3v) is 3.30. The van der Waals surface area contributed by atoms with Crippen LogP contribution in [0.5, 0.6) is 0 Å². The Bertz CT molecular complexity index is 921. The largest absolute Gasteiger partial charge is 0.481 e. The number of nitro groups is 2. The molecule has 0 saturated heterocycles. The molecule has 0 aromatic heterocycles. The first-order valence-corrected chi connectivity index (χ1v) is 7.37. The van der Waals surface area contributed by atoms with Crippen molar-refractivity contribution in [3.05, 3.63) is 79.4 Å². The topological polar surface area (TPSA) is 167 Å². The van der Waals surface area contributed by atoms with E-state index in [0.717, 1.165) is 30.3 Å². The minimum atomic E-state index is -1.17. The number of carbonyl (C=O) groups is 2. The second kappa shape index (κ2) is 9.78. The average molecular weight is 397 g/mol. The molecule has 0 fully saturated rings. The van der Waals surface area contributed by atoms with Gasteiger partial charge in [0, 0.05) is 11.6 Å². The van der Waals surface area contributed by atoms with Crippen molar-refractivity contribution in [1.82, 2.24) is 0 Å². The molecule has 0 aliphatic heterocycles. The van der Waals surface area contributed by atoms with Crippen LogP contribution in [0.25, 0.3) is 0 Å². The summed E-state index contributed by atoms with van der Waals surface area (Å²) < 4.78 is 25.2. The van der Waals surface area contributed by atoms with Gasteiger partial charge in [0.05, 0.1) is 34.0 Å². The van der Waals surface area contributed by atoms with E-state index in [1.807, 2.05) is 0 Å². The van der Waals surface area contributed by atoms with Crippen LogP contribution in [0.2, 0.25) is 0 Å². The monoisotopic (exact) mass is 397 g/mol. The first-order chi connectivity index (χ1) is 13.1. The molecule has 0 saturated carbocycles. The van der Waals surface area contributed by atoms with Crippen LogP contribution < -0.4 is 5.73 Å². The number of rotatable bonds is 6. The lowest BCUT2D eigenvalue weighted by molar-refractivity contribution is -0.385. The highest BCUT2D eigenvalue weighted by molar-refractivity contribution is 5.81. The third kappa shape index (κ3) is 6.17. The summed E-state index contributed by atoms with van der Waals surface area (Å²) >= 11 is 0. The Labute approximate surface area is 155 Å². The summed E-state index contributed by atoms with van der Waals surface area (Å²) in [6.07, 6.45) is -0.135. The highest BCUT2D eigenvalue weighted by Crippen LogP contribution is 2.26. The zero-order valence-electron chi connectivity index (χ0n) is 14.0. The fourth-order valence-electron chi connectivity index (χ4n) is 2.06. The van der Waals surface area contributed by atoms with Gasteiger partial charge in [0.1, 0.15) is 11.6 Å². The summed E-state index contributed by atoms with van der Waals surface area (Å²) in [6.45, 7) is 0. The van der Waals surface area contributed by atoms with E-state index >= 15 is 0 Å². The van der Waals surface area contributed by atoms with Crippen LogP contribution in [0.4, 0.5) is 20.2 Å². The number of nitro benzene ring substituents is 2. The van der Waals surface area contributed by atoms with Gasteiger partial charge in [0.15, 0.2) is 6.29 Å². The van der Waals surface area contributed by atoms with E-state index in [1.165, 1.54) is 0 Å². The molecule has 0 spiro atoms. The summed E-state index contributed by atoms with van der Waals surface area (Å²) in [5.41, 5.74) is 4.35. The minimum absolute atomic E-state index is 0.00815. The SMILES string of the molecule is NC(CC(=O)O)c1ccc(F)cc1[N+](=O)[O-].O=Cc1ccc(F)cc1[N+](=O)[O-]. The van der Waals surface area contributed by atoms with Crippen molar-refractivity contribution in [2.24, 2.45) is 5.73 Å². The molecule has 2 rings (SSSR count). The van der Waals surface area contributed by atoms with Gasteiger partial charge in [0.25, 0.3) is 11.4 Å². The number of hydrogen-bond donors (Lipinski definition) is 2. The van der Waals surface area contributed by atoms with E-state index in [1.54, 1.807) is 0 Å². The smallest absolute Gasteiger partial charge is 0.305 e. The van der Waals surface area contributed by atoms with Crippen LogP contribution in [-0.2, 0) is 4.79 Å². The number of aldehydes is 1. The standard InChI is InChI=1S/C9H9FN2O4.C7H4FNO3/c10-5-1-2-6(7(11)4-9(13)14)8(3-5)12(15)16;8-6-2-1-5(4-10)7(3-6)9(11)12/h1-3,7H,4,11H2,(H,13,14);1-4H. The van der Waals surface area contributed by atoms with Crippen LogP contribution in [0.3, 0.4) is 0 Å². The second-order valence-corrected chi connectivity index (χ2v) is 5.24. The number of carbonyl (C=O) groups excluding carboxylic acids is 1. The van der Waals surface area contributed by atoms with E-state index in [0.29, 0.717) is 12.4 Å². The van der Waals surface area contributed by atoms with E-state index < -0.39 is 51.3 Å². The highest BCUT2D eigenvalue weighted by Gasteiger charge is 2.21. The van der Waals surface area contributed by atoms with Gasteiger partial charge in [-0.1, -0.05) is 0 Å². The predicted molar refractivity (Wildman–Crippen MR) is 90.7 cm³/mol. The number of halogens is 2. The van der Waals surface area contributed by atoms with Crippen LogP contribution in [0.1, 0.15) is 28.4 Å². The number of carboxylic acid groups (broad SMARTS) is 1. The number of carboxylic acids is 1. The third-order valence-electron chi connectivity index (χ3n) is 3.30. The van der Waals surface area contributed by atoms with Crippen molar-refractivity contribution in [2.45, 2.75) is 12.5 Å². The number of hydrogen-bond acceptors (Lipinski definition) is 7. The lowest BCUT2D eigenvalue weighted by Crippen LogP contribution is -2.16. The van der Waals surface area contributed by atoms with Gasteiger partial charge in [-0.05, 0) is 24.3 Å². The number of nitrogens with zero attached hydrogens (tertiary/aromatic N) is 2. The second-order valence-electron chi connectivity index (χ2n) is 5.24. The van der Waals surface area contributed by atoms with Crippen molar-refractivity contribution in [3.63, 3.8) is 0 Å². The molecule has 0 amide bonds. The summed E-state index contributed by atoms with van der Waals surface area (Å²) in [5, 5.41) is 29.3. The molecule has 10 nitrogen and oxygen atoms in total. The Morgan fingerprint density at radius 3 is 2.04 bits per heavy atom. The Hall–Kier alpha value is -3.80. The minimum Gasteiger partial charge on any atom is -0.481 e. The summed E-state index contributed by atoms with van der Waals surface area (Å²) in [6, 6.07) is 4.60. The van der Waals surface area contributed by atoms with Crippen LogP contribution in [0.15, 0.2) is 36.4 Å². The molecule has 1 unspecified atom stereocenters. The molecule has 0 aliphatic carbocycles. The number of nitrogens with two attached hydrogens (primary N) is 1. The van der Waals surface area contributed by atoms with E-state index in [4.69, 9.17) is 10.8 Å². The molecule has 0 heterocycles. The Kier molecular flexibility index (Phi) is 7.77. The maximum absolute atomic E-state index is 12.8.